The molecule has 6 nitrogen and oxygen atoms in total. The molecule has 1 amide bonds. The van der Waals surface area contributed by atoms with E-state index in [0.717, 1.165) is 6.07 Å². The van der Waals surface area contributed by atoms with Crippen molar-refractivity contribution in [1.29, 1.82) is 0 Å². The van der Waals surface area contributed by atoms with Crippen molar-refractivity contribution in [3.63, 3.8) is 0 Å². The zero-order valence-corrected chi connectivity index (χ0v) is 11.1. The largest absolute Gasteiger partial charge is 0.397 e. The van der Waals surface area contributed by atoms with E-state index < -0.39 is 24.1 Å². The number of β-amino-alcohol motifs (C(OH)–C–C–N with tert-alkyl or cyclic N) is 2. The Morgan fingerprint density at radius 1 is 1.45 bits per heavy atom. The van der Waals surface area contributed by atoms with Crippen molar-refractivity contribution in [2.75, 3.05) is 24.1 Å². The van der Waals surface area contributed by atoms with Crippen molar-refractivity contribution in [1.82, 2.24) is 4.90 Å². The van der Waals surface area contributed by atoms with Gasteiger partial charge in [-0.05, 0) is 25.1 Å². The molecule has 1 fully saturated rings. The fourth-order valence-corrected chi connectivity index (χ4v) is 2.17. The van der Waals surface area contributed by atoms with Crippen molar-refractivity contribution < 1.29 is 19.4 Å². The number of nitrogens with two attached hydrogens (primary N) is 1. The maximum atomic E-state index is 12.9. The predicted molar refractivity (Wildman–Crippen MR) is 72.5 cm³/mol. The Balaban J connectivity index is 2.01. The van der Waals surface area contributed by atoms with Crippen LogP contribution in [0.4, 0.5) is 15.8 Å². The van der Waals surface area contributed by atoms with Gasteiger partial charge in [-0.25, -0.2) is 4.39 Å². The number of hydrogen-bond donors (Lipinski definition) is 4. The maximum Gasteiger partial charge on any atom is 0.241 e. The van der Waals surface area contributed by atoms with E-state index >= 15 is 0 Å². The van der Waals surface area contributed by atoms with Crippen LogP contribution in [0.1, 0.15) is 6.92 Å². The van der Waals surface area contributed by atoms with E-state index in [2.05, 4.69) is 5.32 Å². The standard InChI is InChI=1S/C13H18FN3O3/c1-7(17-5-11(18)12(19)6-17)13(20)16-10-3-2-8(14)4-9(10)15/h2-4,7,11-12,18-19H,5-6,15H2,1H3,(H,16,20). The Morgan fingerprint density at radius 3 is 2.60 bits per heavy atom. The lowest BCUT2D eigenvalue weighted by molar-refractivity contribution is -0.120. The molecule has 1 heterocycles. The zero-order valence-electron chi connectivity index (χ0n) is 11.1. The summed E-state index contributed by atoms with van der Waals surface area (Å²) < 4.78 is 12.9. The van der Waals surface area contributed by atoms with E-state index in [9.17, 15) is 19.4 Å². The Kier molecular flexibility index (Phi) is 4.22. The molecular weight excluding hydrogens is 265 g/mol. The van der Waals surface area contributed by atoms with Gasteiger partial charge < -0.3 is 21.3 Å². The second-order valence-electron chi connectivity index (χ2n) is 4.99. The first-order valence-electron chi connectivity index (χ1n) is 6.34. The first-order valence-corrected chi connectivity index (χ1v) is 6.34. The van der Waals surface area contributed by atoms with Crippen LogP contribution in [0, 0.1) is 5.82 Å². The molecule has 1 aliphatic heterocycles. The van der Waals surface area contributed by atoms with Gasteiger partial charge in [0.15, 0.2) is 0 Å². The van der Waals surface area contributed by atoms with Crippen molar-refractivity contribution in [2.24, 2.45) is 0 Å². The monoisotopic (exact) mass is 283 g/mol. The first-order chi connectivity index (χ1) is 9.38. The minimum Gasteiger partial charge on any atom is -0.397 e. The van der Waals surface area contributed by atoms with Crippen molar-refractivity contribution in [3.8, 4) is 0 Å². The Morgan fingerprint density at radius 2 is 2.05 bits per heavy atom. The minimum atomic E-state index is -0.846. The third-order valence-electron chi connectivity index (χ3n) is 3.49. The van der Waals surface area contributed by atoms with Gasteiger partial charge in [-0.15, -0.1) is 0 Å². The van der Waals surface area contributed by atoms with Crippen LogP contribution in [0.3, 0.4) is 0 Å². The molecule has 3 unspecified atom stereocenters. The van der Waals surface area contributed by atoms with E-state index in [1.54, 1.807) is 11.8 Å². The number of aliphatic hydroxyl groups excluding tert-OH is 2. The highest BCUT2D eigenvalue weighted by molar-refractivity contribution is 5.97. The van der Waals surface area contributed by atoms with Crippen molar-refractivity contribution >= 4 is 17.3 Å². The molecule has 0 spiro atoms. The average Bonchev–Trinajstić information content (AvgIpc) is 2.72. The number of nitrogens with one attached hydrogen (secondary N) is 1. The zero-order chi connectivity index (χ0) is 14.9. The molecule has 0 bridgehead atoms. The van der Waals surface area contributed by atoms with Crippen LogP contribution in [0.2, 0.25) is 0 Å². The highest BCUT2D eigenvalue weighted by Crippen LogP contribution is 2.20. The van der Waals surface area contributed by atoms with Gasteiger partial charge in [-0.3, -0.25) is 9.69 Å². The summed E-state index contributed by atoms with van der Waals surface area (Å²) in [5.41, 5.74) is 6.10. The number of halogens is 1. The van der Waals surface area contributed by atoms with Crippen LogP contribution in [-0.4, -0.2) is 52.4 Å². The number of likely N-dealkylation sites (tertiary alicyclic amines) is 1. The van der Waals surface area contributed by atoms with Crippen molar-refractivity contribution in [3.05, 3.63) is 24.0 Å². The normalized spacial score (nSPS) is 24.6. The second-order valence-corrected chi connectivity index (χ2v) is 4.99. The summed E-state index contributed by atoms with van der Waals surface area (Å²) in [5.74, 6) is -0.802. The summed E-state index contributed by atoms with van der Waals surface area (Å²) in [6.07, 6.45) is -1.69. The molecule has 20 heavy (non-hydrogen) atoms. The van der Waals surface area contributed by atoms with Crippen LogP contribution in [-0.2, 0) is 4.79 Å². The average molecular weight is 283 g/mol. The number of anilines is 2. The second kappa shape index (κ2) is 5.74. The van der Waals surface area contributed by atoms with Gasteiger partial charge in [0.2, 0.25) is 5.91 Å². The third kappa shape index (κ3) is 3.06. The number of hydrogen-bond acceptors (Lipinski definition) is 5. The molecule has 0 aliphatic carbocycles. The van der Waals surface area contributed by atoms with E-state index in [1.807, 2.05) is 0 Å². The maximum absolute atomic E-state index is 12.9. The smallest absolute Gasteiger partial charge is 0.241 e. The number of amides is 1. The van der Waals surface area contributed by atoms with E-state index in [4.69, 9.17) is 5.73 Å². The molecule has 1 saturated heterocycles. The molecule has 7 heteroatoms. The first kappa shape index (κ1) is 14.7. The fourth-order valence-electron chi connectivity index (χ4n) is 2.17. The predicted octanol–water partition coefficient (Wildman–Crippen LogP) is -0.228. The summed E-state index contributed by atoms with van der Waals surface area (Å²) in [6.45, 7) is 2.13. The third-order valence-corrected chi connectivity index (χ3v) is 3.49. The van der Waals surface area contributed by atoms with E-state index in [-0.39, 0.29) is 24.7 Å². The van der Waals surface area contributed by atoms with Crippen LogP contribution in [0.5, 0.6) is 0 Å². The van der Waals surface area contributed by atoms with Gasteiger partial charge in [0.25, 0.3) is 0 Å². The van der Waals surface area contributed by atoms with Gasteiger partial charge in [0.05, 0.1) is 29.6 Å². The number of aliphatic hydroxyl groups is 2. The highest BCUT2D eigenvalue weighted by atomic mass is 19.1. The molecule has 0 radical (unpaired) electrons. The molecule has 0 aromatic heterocycles. The Hall–Kier alpha value is -1.70. The summed E-state index contributed by atoms with van der Waals surface area (Å²) in [6, 6.07) is 3.19. The van der Waals surface area contributed by atoms with Gasteiger partial charge in [-0.1, -0.05) is 0 Å². The van der Waals surface area contributed by atoms with E-state index in [0.29, 0.717) is 5.69 Å². The van der Waals surface area contributed by atoms with Gasteiger partial charge in [-0.2, -0.15) is 0 Å². The summed E-state index contributed by atoms with van der Waals surface area (Å²) >= 11 is 0. The van der Waals surface area contributed by atoms with Gasteiger partial charge >= 0.3 is 0 Å². The molecule has 5 N–H and O–H groups in total. The van der Waals surface area contributed by atoms with E-state index in [1.165, 1.54) is 12.1 Å². The summed E-state index contributed by atoms with van der Waals surface area (Å²) in [5, 5.41) is 21.6. The lowest BCUT2D eigenvalue weighted by Gasteiger charge is -2.23. The molecular formula is C13H18FN3O3. The molecule has 1 aromatic rings. The topological polar surface area (TPSA) is 98.8 Å². The molecule has 110 valence electrons. The number of nitrogens with zero attached hydrogens (tertiary/aromatic N) is 1. The van der Waals surface area contributed by atoms with Crippen LogP contribution in [0.15, 0.2) is 18.2 Å². The lowest BCUT2D eigenvalue weighted by atomic mass is 10.2. The van der Waals surface area contributed by atoms with Crippen molar-refractivity contribution in [2.45, 2.75) is 25.2 Å². The molecule has 2 rings (SSSR count). The Labute approximate surface area is 116 Å². The van der Waals surface area contributed by atoms with Gasteiger partial charge in [0.1, 0.15) is 5.82 Å². The number of carbonyl (C=O) groups is 1. The van der Waals surface area contributed by atoms with Gasteiger partial charge in [0, 0.05) is 13.1 Å². The number of carbonyl (C=O) groups excluding carboxylic acids is 1. The number of rotatable bonds is 3. The number of nitrogen functional groups attached to an aromatic ring is 1. The van der Waals surface area contributed by atoms with Crippen LogP contribution < -0.4 is 11.1 Å². The quantitative estimate of drug-likeness (QED) is 0.575. The molecule has 0 saturated carbocycles. The fraction of sp³-hybridized carbons (Fsp3) is 0.462. The molecule has 1 aliphatic rings. The van der Waals surface area contributed by atoms with Crippen LogP contribution in [0.25, 0.3) is 0 Å². The number of benzene rings is 1. The highest BCUT2D eigenvalue weighted by Gasteiger charge is 2.34. The summed E-state index contributed by atoms with van der Waals surface area (Å²) in [7, 11) is 0. The molecule has 1 aromatic carbocycles. The molecule has 3 atom stereocenters. The van der Waals surface area contributed by atoms with Crippen LogP contribution >= 0.6 is 0 Å². The summed E-state index contributed by atoms with van der Waals surface area (Å²) in [4.78, 5) is 13.8. The minimum absolute atomic E-state index is 0.145. The SMILES string of the molecule is CC(C(=O)Nc1ccc(F)cc1N)N1CC(O)C(O)C1. The Bertz CT molecular complexity index is 502. The lowest BCUT2D eigenvalue weighted by Crippen LogP contribution is -2.41.